The number of rotatable bonds is 5. The molecule has 3 nitrogen and oxygen atoms in total. The molecule has 1 aliphatic heterocycles. The van der Waals surface area contributed by atoms with E-state index in [4.69, 9.17) is 0 Å². The summed E-state index contributed by atoms with van der Waals surface area (Å²) in [5.74, 6) is -0.905. The first-order chi connectivity index (χ1) is 11.2. The largest absolute Gasteiger partial charge is 0.478 e. The Morgan fingerprint density at radius 2 is 1.65 bits per heavy atom. The Labute approximate surface area is 136 Å². The van der Waals surface area contributed by atoms with Gasteiger partial charge in [-0.05, 0) is 48.7 Å². The third-order valence-corrected chi connectivity index (χ3v) is 4.21. The molecule has 0 radical (unpaired) electrons. The van der Waals surface area contributed by atoms with Gasteiger partial charge in [0, 0.05) is 6.54 Å². The molecule has 0 unspecified atom stereocenters. The normalized spacial score (nSPS) is 15.7. The van der Waals surface area contributed by atoms with Crippen LogP contribution in [-0.2, 0) is 11.3 Å². The van der Waals surface area contributed by atoms with Gasteiger partial charge in [0.05, 0.1) is 5.57 Å². The van der Waals surface area contributed by atoms with Crippen molar-refractivity contribution in [3.05, 3.63) is 71.3 Å². The van der Waals surface area contributed by atoms with Gasteiger partial charge < -0.3 is 5.11 Å². The van der Waals surface area contributed by atoms with Crippen LogP contribution < -0.4 is 0 Å². The summed E-state index contributed by atoms with van der Waals surface area (Å²) in [5, 5.41) is 9.46. The molecule has 3 rings (SSSR count). The van der Waals surface area contributed by atoms with Crippen molar-refractivity contribution in [1.82, 2.24) is 4.90 Å². The zero-order valence-corrected chi connectivity index (χ0v) is 13.1. The number of hydrogen-bond donors (Lipinski definition) is 1. The Balaban J connectivity index is 1.78. The van der Waals surface area contributed by atoms with Crippen LogP contribution in [0.3, 0.4) is 0 Å². The van der Waals surface area contributed by atoms with E-state index in [-0.39, 0.29) is 0 Å². The quantitative estimate of drug-likeness (QED) is 0.672. The van der Waals surface area contributed by atoms with Gasteiger partial charge in [-0.15, -0.1) is 0 Å². The summed E-state index contributed by atoms with van der Waals surface area (Å²) in [6.07, 6.45) is 4.32. The van der Waals surface area contributed by atoms with E-state index < -0.39 is 5.97 Å². The molecule has 2 aromatic carbocycles. The minimum absolute atomic E-state index is 0.317. The minimum Gasteiger partial charge on any atom is -0.478 e. The highest BCUT2D eigenvalue weighted by molar-refractivity contribution is 6.20. The number of carbonyl (C=O) groups is 1. The fourth-order valence-corrected chi connectivity index (χ4v) is 2.97. The SMILES string of the molecule is O=C(O)/C(=C\c1ccc(CN2CCCC2)cc1)c1ccccc1. The number of benzene rings is 2. The molecule has 1 aliphatic rings. The third-order valence-electron chi connectivity index (χ3n) is 4.21. The van der Waals surface area contributed by atoms with Crippen molar-refractivity contribution in [1.29, 1.82) is 0 Å². The van der Waals surface area contributed by atoms with E-state index in [1.807, 2.05) is 42.5 Å². The molecule has 1 heterocycles. The van der Waals surface area contributed by atoms with Crippen LogP contribution in [0.25, 0.3) is 11.6 Å². The highest BCUT2D eigenvalue weighted by Crippen LogP contribution is 2.19. The molecule has 0 amide bonds. The second kappa shape index (κ2) is 7.25. The van der Waals surface area contributed by atoms with Gasteiger partial charge >= 0.3 is 5.97 Å². The Morgan fingerprint density at radius 3 is 2.26 bits per heavy atom. The number of nitrogens with zero attached hydrogens (tertiary/aromatic N) is 1. The predicted octanol–water partition coefficient (Wildman–Crippen LogP) is 3.91. The van der Waals surface area contributed by atoms with Crippen LogP contribution in [0.4, 0.5) is 0 Å². The molecule has 23 heavy (non-hydrogen) atoms. The van der Waals surface area contributed by atoms with E-state index in [1.165, 1.54) is 31.5 Å². The van der Waals surface area contributed by atoms with Crippen LogP contribution in [0.15, 0.2) is 54.6 Å². The molecule has 0 aliphatic carbocycles. The fourth-order valence-electron chi connectivity index (χ4n) is 2.97. The van der Waals surface area contributed by atoms with Crippen LogP contribution in [0.2, 0.25) is 0 Å². The zero-order chi connectivity index (χ0) is 16.1. The number of likely N-dealkylation sites (tertiary alicyclic amines) is 1. The van der Waals surface area contributed by atoms with Gasteiger partial charge in [0.2, 0.25) is 0 Å². The zero-order valence-electron chi connectivity index (χ0n) is 13.1. The van der Waals surface area contributed by atoms with Crippen LogP contribution >= 0.6 is 0 Å². The van der Waals surface area contributed by atoms with Crippen LogP contribution in [0.1, 0.15) is 29.5 Å². The third kappa shape index (κ3) is 4.08. The molecule has 0 bridgehead atoms. The second-order valence-electron chi connectivity index (χ2n) is 5.95. The second-order valence-corrected chi connectivity index (χ2v) is 5.95. The standard InChI is InChI=1S/C20H21NO2/c22-20(23)19(18-6-2-1-3-7-18)14-16-8-10-17(11-9-16)15-21-12-4-5-13-21/h1-3,6-11,14H,4-5,12-13,15H2,(H,22,23)/b19-14-. The van der Waals surface area contributed by atoms with Gasteiger partial charge in [0.25, 0.3) is 0 Å². The molecule has 1 N–H and O–H groups in total. The van der Waals surface area contributed by atoms with Gasteiger partial charge in [-0.1, -0.05) is 54.6 Å². The lowest BCUT2D eigenvalue weighted by Gasteiger charge is -2.14. The molecule has 2 aromatic rings. The first-order valence-corrected chi connectivity index (χ1v) is 8.04. The lowest BCUT2D eigenvalue weighted by molar-refractivity contribution is -0.130. The maximum absolute atomic E-state index is 11.5. The van der Waals surface area contributed by atoms with Crippen molar-refractivity contribution in [2.45, 2.75) is 19.4 Å². The smallest absolute Gasteiger partial charge is 0.336 e. The monoisotopic (exact) mass is 307 g/mol. The van der Waals surface area contributed by atoms with Crippen molar-refractivity contribution in [2.75, 3.05) is 13.1 Å². The summed E-state index contributed by atoms with van der Waals surface area (Å²) in [4.78, 5) is 14.0. The molecule has 1 fully saturated rings. The maximum atomic E-state index is 11.5. The van der Waals surface area contributed by atoms with Crippen molar-refractivity contribution in [3.63, 3.8) is 0 Å². The fraction of sp³-hybridized carbons (Fsp3) is 0.250. The van der Waals surface area contributed by atoms with Crippen molar-refractivity contribution in [3.8, 4) is 0 Å². The molecule has 0 saturated carbocycles. The molecule has 118 valence electrons. The van der Waals surface area contributed by atoms with Gasteiger partial charge in [-0.3, -0.25) is 4.90 Å². The van der Waals surface area contributed by atoms with E-state index in [1.54, 1.807) is 6.08 Å². The van der Waals surface area contributed by atoms with Gasteiger partial charge in [-0.2, -0.15) is 0 Å². The number of carboxylic acid groups (broad SMARTS) is 1. The molecule has 0 spiro atoms. The molecule has 0 aromatic heterocycles. The van der Waals surface area contributed by atoms with E-state index in [0.29, 0.717) is 5.57 Å². The van der Waals surface area contributed by atoms with E-state index in [9.17, 15) is 9.90 Å². The Kier molecular flexibility index (Phi) is 4.89. The number of carboxylic acids is 1. The van der Waals surface area contributed by atoms with E-state index in [0.717, 1.165) is 17.7 Å². The summed E-state index contributed by atoms with van der Waals surface area (Å²) < 4.78 is 0. The number of hydrogen-bond acceptors (Lipinski definition) is 2. The van der Waals surface area contributed by atoms with Crippen molar-refractivity contribution < 1.29 is 9.90 Å². The molecule has 0 atom stereocenters. The average molecular weight is 307 g/mol. The van der Waals surface area contributed by atoms with E-state index >= 15 is 0 Å². The van der Waals surface area contributed by atoms with Crippen molar-refractivity contribution in [2.24, 2.45) is 0 Å². The molecular formula is C20H21NO2. The first kappa shape index (κ1) is 15.5. The number of aliphatic carboxylic acids is 1. The summed E-state index contributed by atoms with van der Waals surface area (Å²) in [6.45, 7) is 3.34. The lowest BCUT2D eigenvalue weighted by atomic mass is 10.0. The Bertz CT molecular complexity index is 683. The molecule has 1 saturated heterocycles. The van der Waals surface area contributed by atoms with E-state index in [2.05, 4.69) is 17.0 Å². The molecule has 3 heteroatoms. The molecular weight excluding hydrogens is 286 g/mol. The summed E-state index contributed by atoms with van der Waals surface area (Å²) >= 11 is 0. The Morgan fingerprint density at radius 1 is 1.00 bits per heavy atom. The lowest BCUT2D eigenvalue weighted by Crippen LogP contribution is -2.18. The minimum atomic E-state index is -0.905. The summed E-state index contributed by atoms with van der Waals surface area (Å²) in [5.41, 5.74) is 3.23. The highest BCUT2D eigenvalue weighted by Gasteiger charge is 2.12. The predicted molar refractivity (Wildman–Crippen MR) is 92.9 cm³/mol. The summed E-state index contributed by atoms with van der Waals surface area (Å²) in [7, 11) is 0. The van der Waals surface area contributed by atoms with Crippen molar-refractivity contribution >= 4 is 17.6 Å². The van der Waals surface area contributed by atoms with Crippen LogP contribution in [0, 0.1) is 0 Å². The van der Waals surface area contributed by atoms with Gasteiger partial charge in [0.15, 0.2) is 0 Å². The average Bonchev–Trinajstić information content (AvgIpc) is 3.07. The topological polar surface area (TPSA) is 40.5 Å². The Hall–Kier alpha value is -2.39. The van der Waals surface area contributed by atoms with Crippen LogP contribution in [0.5, 0.6) is 0 Å². The first-order valence-electron chi connectivity index (χ1n) is 8.04. The summed E-state index contributed by atoms with van der Waals surface area (Å²) in [6, 6.07) is 17.4. The maximum Gasteiger partial charge on any atom is 0.336 e. The van der Waals surface area contributed by atoms with Gasteiger partial charge in [0.1, 0.15) is 0 Å². The highest BCUT2D eigenvalue weighted by atomic mass is 16.4. The van der Waals surface area contributed by atoms with Crippen LogP contribution in [-0.4, -0.2) is 29.1 Å². The van der Waals surface area contributed by atoms with Gasteiger partial charge in [-0.25, -0.2) is 4.79 Å².